The van der Waals surface area contributed by atoms with E-state index in [4.69, 9.17) is 23.7 Å². The molecule has 0 spiro atoms. The fourth-order valence-corrected chi connectivity index (χ4v) is 3.75. The molecule has 0 aliphatic carbocycles. The molecule has 136 valence electrons. The molecule has 0 aromatic heterocycles. The average molecular weight is 348 g/mol. The van der Waals surface area contributed by atoms with Gasteiger partial charge in [0.05, 0.1) is 46.0 Å². The van der Waals surface area contributed by atoms with Gasteiger partial charge in [0.15, 0.2) is 11.5 Å². The Morgan fingerprint density at radius 2 is 1.48 bits per heavy atom. The second kappa shape index (κ2) is 6.52. The van der Waals surface area contributed by atoms with Gasteiger partial charge in [-0.25, -0.2) is 0 Å². The molecular weight excluding hydrogens is 324 g/mol. The maximum absolute atomic E-state index is 11.1. The number of methoxy groups -OCH3 is 4. The molecule has 0 unspecified atom stereocenters. The van der Waals surface area contributed by atoms with Gasteiger partial charge in [-0.15, -0.1) is 0 Å². The zero-order valence-electron chi connectivity index (χ0n) is 15.4. The lowest BCUT2D eigenvalue weighted by Crippen LogP contribution is -2.22. The molecule has 1 aliphatic rings. The molecular formula is C19H24O6. The first-order valence-electron chi connectivity index (χ1n) is 8.18. The summed E-state index contributed by atoms with van der Waals surface area (Å²) >= 11 is 0. The highest BCUT2D eigenvalue weighted by Gasteiger charge is 2.31. The van der Waals surface area contributed by atoms with Crippen molar-refractivity contribution >= 4 is 10.8 Å². The molecule has 1 aliphatic heterocycles. The number of aromatic hydroxyl groups is 1. The van der Waals surface area contributed by atoms with Crippen molar-refractivity contribution in [2.75, 3.05) is 28.4 Å². The van der Waals surface area contributed by atoms with Gasteiger partial charge in [0.2, 0.25) is 11.5 Å². The van der Waals surface area contributed by atoms with Crippen LogP contribution in [0.4, 0.5) is 0 Å². The van der Waals surface area contributed by atoms with Crippen molar-refractivity contribution in [1.82, 2.24) is 0 Å². The minimum Gasteiger partial charge on any atom is -0.507 e. The van der Waals surface area contributed by atoms with Crippen LogP contribution < -0.4 is 18.9 Å². The topological polar surface area (TPSA) is 66.4 Å². The lowest BCUT2D eigenvalue weighted by molar-refractivity contribution is -0.00582. The number of phenolic OH excluding ortho intramolecular Hbond substituents is 1. The molecule has 0 fully saturated rings. The molecule has 0 bridgehead atoms. The smallest absolute Gasteiger partial charge is 0.208 e. The van der Waals surface area contributed by atoms with Crippen LogP contribution in [0.15, 0.2) is 6.07 Å². The molecule has 2 aromatic rings. The molecule has 2 atom stereocenters. The Balaban J connectivity index is 2.49. The van der Waals surface area contributed by atoms with Crippen molar-refractivity contribution in [2.45, 2.75) is 32.5 Å². The Kier molecular flexibility index (Phi) is 4.56. The second-order valence-electron chi connectivity index (χ2n) is 6.15. The fraction of sp³-hybridized carbons (Fsp3) is 0.474. The average Bonchev–Trinajstić information content (AvgIpc) is 2.58. The SMILES string of the molecule is COc1c(OC)c(OC)c2c(O)c3c(cc2c1OC)C[C@H](C)O[C@@H]3C. The van der Waals surface area contributed by atoms with Crippen molar-refractivity contribution in [3.8, 4) is 28.7 Å². The quantitative estimate of drug-likeness (QED) is 0.911. The van der Waals surface area contributed by atoms with E-state index in [1.54, 1.807) is 14.2 Å². The van der Waals surface area contributed by atoms with E-state index in [2.05, 4.69) is 0 Å². The van der Waals surface area contributed by atoms with Gasteiger partial charge >= 0.3 is 0 Å². The number of hydrogen-bond acceptors (Lipinski definition) is 6. The molecule has 6 heteroatoms. The van der Waals surface area contributed by atoms with E-state index in [1.165, 1.54) is 14.2 Å². The minimum atomic E-state index is -0.216. The zero-order valence-corrected chi connectivity index (χ0v) is 15.4. The van der Waals surface area contributed by atoms with E-state index in [0.29, 0.717) is 34.8 Å². The first-order chi connectivity index (χ1) is 12.0. The van der Waals surface area contributed by atoms with Crippen LogP contribution >= 0.6 is 0 Å². The van der Waals surface area contributed by atoms with Gasteiger partial charge in [0.1, 0.15) is 5.75 Å². The second-order valence-corrected chi connectivity index (χ2v) is 6.15. The van der Waals surface area contributed by atoms with Gasteiger partial charge < -0.3 is 28.8 Å². The number of phenols is 1. The summed E-state index contributed by atoms with van der Waals surface area (Å²) < 4.78 is 28.0. The molecule has 1 N–H and O–H groups in total. The molecule has 25 heavy (non-hydrogen) atoms. The van der Waals surface area contributed by atoms with Crippen LogP contribution in [0, 0.1) is 0 Å². The maximum Gasteiger partial charge on any atom is 0.208 e. The van der Waals surface area contributed by atoms with E-state index < -0.39 is 0 Å². The predicted molar refractivity (Wildman–Crippen MR) is 94.5 cm³/mol. The Labute approximate surface area is 147 Å². The lowest BCUT2D eigenvalue weighted by Gasteiger charge is -2.30. The van der Waals surface area contributed by atoms with Crippen LogP contribution in [0.1, 0.15) is 31.1 Å². The highest BCUT2D eigenvalue weighted by Crippen LogP contribution is 2.55. The summed E-state index contributed by atoms with van der Waals surface area (Å²) in [6, 6.07) is 2.02. The van der Waals surface area contributed by atoms with Crippen LogP contribution in [0.5, 0.6) is 28.7 Å². The minimum absolute atomic E-state index is 0.0763. The summed E-state index contributed by atoms with van der Waals surface area (Å²) in [5.41, 5.74) is 1.81. The Hall–Kier alpha value is -2.34. The predicted octanol–water partition coefficient (Wildman–Crippen LogP) is 3.60. The molecule has 3 rings (SSSR count). The van der Waals surface area contributed by atoms with Crippen LogP contribution in [0.2, 0.25) is 0 Å². The van der Waals surface area contributed by atoms with Gasteiger partial charge in [-0.05, 0) is 31.9 Å². The van der Waals surface area contributed by atoms with E-state index in [0.717, 1.165) is 16.5 Å². The van der Waals surface area contributed by atoms with E-state index in [-0.39, 0.29) is 18.0 Å². The van der Waals surface area contributed by atoms with Gasteiger partial charge in [-0.3, -0.25) is 0 Å². The molecule has 0 radical (unpaired) electrons. The standard InChI is InChI=1S/C19H24O6/c1-9-7-11-8-12-14(15(20)13(11)10(2)25-9)17(22-4)19(24-6)18(23-5)16(12)21-3/h8-10,20H,7H2,1-6H3/t9-,10+/m0/s1. The third-order valence-corrected chi connectivity index (χ3v) is 4.68. The number of benzene rings is 2. The molecule has 2 aromatic carbocycles. The Morgan fingerprint density at radius 1 is 0.920 bits per heavy atom. The van der Waals surface area contributed by atoms with Crippen molar-refractivity contribution in [1.29, 1.82) is 0 Å². The molecule has 0 amide bonds. The molecule has 6 nitrogen and oxygen atoms in total. The summed E-state index contributed by atoms with van der Waals surface area (Å²) in [4.78, 5) is 0. The number of ether oxygens (including phenoxy) is 5. The summed E-state index contributed by atoms with van der Waals surface area (Å²) in [5, 5.41) is 12.3. The summed E-state index contributed by atoms with van der Waals surface area (Å²) in [7, 11) is 6.16. The van der Waals surface area contributed by atoms with Crippen molar-refractivity contribution in [3.05, 3.63) is 17.2 Å². The van der Waals surface area contributed by atoms with Crippen molar-refractivity contribution < 1.29 is 28.8 Å². The Bertz CT molecular complexity index is 814. The third-order valence-electron chi connectivity index (χ3n) is 4.68. The first kappa shape index (κ1) is 17.5. The van der Waals surface area contributed by atoms with Gasteiger partial charge in [-0.2, -0.15) is 0 Å². The normalized spacial score (nSPS) is 19.4. The van der Waals surface area contributed by atoms with Crippen molar-refractivity contribution in [3.63, 3.8) is 0 Å². The zero-order chi connectivity index (χ0) is 18.3. The van der Waals surface area contributed by atoms with Crippen LogP contribution in [0.3, 0.4) is 0 Å². The van der Waals surface area contributed by atoms with Gasteiger partial charge in [-0.1, -0.05) is 0 Å². The largest absolute Gasteiger partial charge is 0.507 e. The van der Waals surface area contributed by atoms with Gasteiger partial charge in [0.25, 0.3) is 0 Å². The number of rotatable bonds is 4. The molecule has 0 saturated heterocycles. The van der Waals surface area contributed by atoms with Gasteiger partial charge in [0, 0.05) is 10.9 Å². The van der Waals surface area contributed by atoms with Crippen LogP contribution in [0.25, 0.3) is 10.8 Å². The highest BCUT2D eigenvalue weighted by molar-refractivity contribution is 6.03. The monoisotopic (exact) mass is 348 g/mol. The third kappa shape index (κ3) is 2.52. The lowest BCUT2D eigenvalue weighted by atomic mass is 9.90. The van der Waals surface area contributed by atoms with Crippen LogP contribution in [-0.2, 0) is 11.2 Å². The van der Waals surface area contributed by atoms with E-state index in [1.807, 2.05) is 19.9 Å². The maximum atomic E-state index is 11.1. The fourth-order valence-electron chi connectivity index (χ4n) is 3.75. The number of hydrogen-bond donors (Lipinski definition) is 1. The van der Waals surface area contributed by atoms with E-state index >= 15 is 0 Å². The highest BCUT2D eigenvalue weighted by atomic mass is 16.5. The van der Waals surface area contributed by atoms with E-state index in [9.17, 15) is 5.11 Å². The van der Waals surface area contributed by atoms with Crippen LogP contribution in [-0.4, -0.2) is 39.6 Å². The summed E-state index contributed by atoms with van der Waals surface area (Å²) in [5.74, 6) is 1.84. The Morgan fingerprint density at radius 3 is 2.04 bits per heavy atom. The first-order valence-corrected chi connectivity index (χ1v) is 8.18. The number of fused-ring (bicyclic) bond motifs is 2. The van der Waals surface area contributed by atoms with Crippen molar-refractivity contribution in [2.24, 2.45) is 0 Å². The summed E-state index contributed by atoms with van der Waals surface area (Å²) in [6.45, 7) is 3.96. The molecule has 0 saturated carbocycles. The summed E-state index contributed by atoms with van der Waals surface area (Å²) in [6.07, 6.45) is 0.572. The molecule has 1 heterocycles.